The maximum atomic E-state index is 10.5. The zero-order valence-corrected chi connectivity index (χ0v) is 9.02. The highest BCUT2D eigenvalue weighted by atomic mass is 16.6. The van der Waals surface area contributed by atoms with Crippen LogP contribution in [0.3, 0.4) is 0 Å². The Bertz CT molecular complexity index is 334. The van der Waals surface area contributed by atoms with Crippen molar-refractivity contribution in [2.24, 2.45) is 0 Å². The second-order valence-electron chi connectivity index (χ2n) is 3.61. The Labute approximate surface area is 95.1 Å². The van der Waals surface area contributed by atoms with Gasteiger partial charge in [-0.15, -0.1) is 0 Å². The average molecular weight is 219 g/mol. The topological polar surface area (TPSA) is 47.6 Å². The molecule has 84 valence electrons. The fraction of sp³-hybridized carbons (Fsp3) is 0.364. The maximum absolute atomic E-state index is 10.5. The minimum absolute atomic E-state index is 0.317. The van der Waals surface area contributed by atoms with Gasteiger partial charge in [-0.1, -0.05) is 24.3 Å². The summed E-state index contributed by atoms with van der Waals surface area (Å²) in [6, 6.07) is 7.27. The highest BCUT2D eigenvalue weighted by Gasteiger charge is 2.21. The van der Waals surface area contributed by atoms with E-state index < -0.39 is 0 Å². The van der Waals surface area contributed by atoms with E-state index in [1.165, 1.54) is 0 Å². The third-order valence-electron chi connectivity index (χ3n) is 2.44. The molecule has 0 radical (unpaired) electrons. The zero-order valence-electron chi connectivity index (χ0n) is 9.02. The van der Waals surface area contributed by atoms with Crippen molar-refractivity contribution in [3.63, 3.8) is 0 Å². The summed E-state index contributed by atoms with van der Waals surface area (Å²) in [6.07, 6.45) is 0.827. The van der Waals surface area contributed by atoms with Crippen molar-refractivity contribution in [1.29, 1.82) is 0 Å². The molecule has 0 spiro atoms. The van der Waals surface area contributed by atoms with Gasteiger partial charge in [-0.2, -0.15) is 0 Å². The maximum Gasteiger partial charge on any atom is 0.493 e. The molecule has 1 saturated heterocycles. The summed E-state index contributed by atoms with van der Waals surface area (Å²) in [7, 11) is -0.317. The largest absolute Gasteiger partial charge is 0.493 e. The Morgan fingerprint density at radius 3 is 2.31 bits per heavy atom. The van der Waals surface area contributed by atoms with Crippen molar-refractivity contribution in [1.82, 2.24) is 5.32 Å². The van der Waals surface area contributed by atoms with Gasteiger partial charge in [-0.05, 0) is 5.46 Å². The molecule has 1 fully saturated rings. The molecule has 0 atom stereocenters. The van der Waals surface area contributed by atoms with Crippen molar-refractivity contribution >= 4 is 18.9 Å². The molecule has 0 amide bonds. The Kier molecular flexibility index (Phi) is 4.10. The van der Waals surface area contributed by atoms with Crippen LogP contribution in [0.25, 0.3) is 0 Å². The Morgan fingerprint density at radius 2 is 1.75 bits per heavy atom. The third-order valence-corrected chi connectivity index (χ3v) is 2.44. The summed E-state index contributed by atoms with van der Waals surface area (Å²) in [5.74, 6) is 0. The number of carbonyl (C=O) groups is 1. The van der Waals surface area contributed by atoms with Gasteiger partial charge < -0.3 is 14.6 Å². The lowest BCUT2D eigenvalue weighted by molar-refractivity contribution is 0.112. The number of nitrogens with one attached hydrogen (secondary N) is 1. The number of benzene rings is 1. The molecule has 2 rings (SSSR count). The fourth-order valence-corrected chi connectivity index (χ4v) is 1.57. The fourth-order valence-electron chi connectivity index (χ4n) is 1.57. The van der Waals surface area contributed by atoms with E-state index in [9.17, 15) is 4.79 Å². The van der Waals surface area contributed by atoms with Gasteiger partial charge in [0.15, 0.2) is 0 Å². The summed E-state index contributed by atoms with van der Waals surface area (Å²) in [4.78, 5) is 10.5. The van der Waals surface area contributed by atoms with E-state index in [-0.39, 0.29) is 7.12 Å². The second kappa shape index (κ2) is 5.79. The third kappa shape index (κ3) is 2.91. The Balaban J connectivity index is 2.05. The number of carbonyl (C=O) groups excluding carboxylic acids is 1. The molecule has 1 aromatic rings. The van der Waals surface area contributed by atoms with Gasteiger partial charge in [-0.25, -0.2) is 0 Å². The monoisotopic (exact) mass is 219 g/mol. The SMILES string of the molecule is O=Cc1ccc(B2OCCNCCO2)cc1. The van der Waals surface area contributed by atoms with Crippen LogP contribution in [-0.4, -0.2) is 39.7 Å². The van der Waals surface area contributed by atoms with Gasteiger partial charge in [0.25, 0.3) is 0 Å². The molecule has 0 aliphatic carbocycles. The molecule has 1 aliphatic rings. The van der Waals surface area contributed by atoms with Gasteiger partial charge in [0.2, 0.25) is 0 Å². The molecule has 0 aromatic heterocycles. The molecule has 1 aromatic carbocycles. The van der Waals surface area contributed by atoms with E-state index in [1.807, 2.05) is 12.1 Å². The molecule has 16 heavy (non-hydrogen) atoms. The van der Waals surface area contributed by atoms with Crippen LogP contribution in [0, 0.1) is 0 Å². The highest BCUT2D eigenvalue weighted by molar-refractivity contribution is 6.61. The van der Waals surface area contributed by atoms with Gasteiger partial charge in [0, 0.05) is 31.9 Å². The van der Waals surface area contributed by atoms with Crippen LogP contribution in [0.5, 0.6) is 0 Å². The molecule has 4 nitrogen and oxygen atoms in total. The van der Waals surface area contributed by atoms with Gasteiger partial charge in [-0.3, -0.25) is 4.79 Å². The van der Waals surface area contributed by atoms with E-state index in [4.69, 9.17) is 9.31 Å². The molecule has 1 heterocycles. The summed E-state index contributed by atoms with van der Waals surface area (Å²) >= 11 is 0. The van der Waals surface area contributed by atoms with Gasteiger partial charge in [0.05, 0.1) is 0 Å². The molecule has 1 aliphatic heterocycles. The van der Waals surface area contributed by atoms with Crippen molar-refractivity contribution in [2.45, 2.75) is 0 Å². The lowest BCUT2D eigenvalue weighted by Crippen LogP contribution is -2.43. The Hall–Kier alpha value is -1.17. The lowest BCUT2D eigenvalue weighted by atomic mass is 9.78. The lowest BCUT2D eigenvalue weighted by Gasteiger charge is -2.18. The van der Waals surface area contributed by atoms with Crippen molar-refractivity contribution in [2.75, 3.05) is 26.3 Å². The van der Waals surface area contributed by atoms with E-state index >= 15 is 0 Å². The highest BCUT2D eigenvalue weighted by Crippen LogP contribution is 1.98. The minimum atomic E-state index is -0.317. The minimum Gasteiger partial charge on any atom is -0.406 e. The van der Waals surface area contributed by atoms with Crippen LogP contribution >= 0.6 is 0 Å². The normalized spacial score (nSPS) is 17.6. The van der Waals surface area contributed by atoms with E-state index in [0.717, 1.165) is 24.8 Å². The molecule has 0 bridgehead atoms. The molecule has 0 unspecified atom stereocenters. The molecule has 1 N–H and O–H groups in total. The van der Waals surface area contributed by atoms with Crippen molar-refractivity contribution in [3.8, 4) is 0 Å². The smallest absolute Gasteiger partial charge is 0.406 e. The quantitative estimate of drug-likeness (QED) is 0.554. The predicted molar refractivity (Wildman–Crippen MR) is 62.0 cm³/mol. The van der Waals surface area contributed by atoms with Crippen LogP contribution in [0.1, 0.15) is 10.4 Å². The Morgan fingerprint density at radius 1 is 1.12 bits per heavy atom. The van der Waals surface area contributed by atoms with Crippen molar-refractivity contribution in [3.05, 3.63) is 29.8 Å². The molecule has 0 saturated carbocycles. The van der Waals surface area contributed by atoms with E-state index in [1.54, 1.807) is 12.1 Å². The van der Waals surface area contributed by atoms with Crippen molar-refractivity contribution < 1.29 is 14.1 Å². The number of rotatable bonds is 2. The summed E-state index contributed by atoms with van der Waals surface area (Å²) in [5, 5.41) is 3.18. The first-order valence-corrected chi connectivity index (χ1v) is 5.39. The van der Waals surface area contributed by atoms with Crippen LogP contribution in [-0.2, 0) is 9.31 Å². The standard InChI is InChI=1S/C11H14BNO3/c14-9-10-1-3-11(4-2-10)12-15-7-5-13-6-8-16-12/h1-4,9,13H,5-8H2. The van der Waals surface area contributed by atoms with E-state index in [2.05, 4.69) is 5.32 Å². The number of hydrogen-bond acceptors (Lipinski definition) is 4. The average Bonchev–Trinajstić information content (AvgIpc) is 2.29. The number of aldehydes is 1. The first-order chi connectivity index (χ1) is 7.90. The van der Waals surface area contributed by atoms with Crippen LogP contribution < -0.4 is 10.8 Å². The molecular weight excluding hydrogens is 205 g/mol. The van der Waals surface area contributed by atoms with E-state index in [0.29, 0.717) is 18.8 Å². The van der Waals surface area contributed by atoms with Gasteiger partial charge >= 0.3 is 7.12 Å². The first-order valence-electron chi connectivity index (χ1n) is 5.39. The van der Waals surface area contributed by atoms with Gasteiger partial charge in [0.1, 0.15) is 6.29 Å². The zero-order chi connectivity index (χ0) is 11.2. The van der Waals surface area contributed by atoms with Crippen LogP contribution in [0.15, 0.2) is 24.3 Å². The molecule has 5 heteroatoms. The van der Waals surface area contributed by atoms with Crippen LogP contribution in [0.4, 0.5) is 0 Å². The summed E-state index contributed by atoms with van der Waals surface area (Å²) < 4.78 is 11.1. The first kappa shape index (κ1) is 11.3. The summed E-state index contributed by atoms with van der Waals surface area (Å²) in [6.45, 7) is 2.93. The summed E-state index contributed by atoms with van der Waals surface area (Å²) in [5.41, 5.74) is 1.61. The van der Waals surface area contributed by atoms with Crippen LogP contribution in [0.2, 0.25) is 0 Å². The second-order valence-corrected chi connectivity index (χ2v) is 3.61. The number of hydrogen-bond donors (Lipinski definition) is 1. The molecular formula is C11H14BNO3. The predicted octanol–water partition coefficient (Wildman–Crippen LogP) is -0.169.